The number of aromatic nitrogens is 6. The monoisotopic (exact) mass is 464 g/mol. The molecule has 9 heteroatoms. The standard InChI is InChI=1S/C26H24N8O/c1-15-6-7-16(2)30-21(15)14-29-26(35)24-25(27)32-23(20-10-12-34(3)33-20)22(31-24)18-8-9-19-17(13-18)5-4-11-28-19/h4-13H,14H2,1-3H3,(H2,27,32)(H,29,35). The Hall–Kier alpha value is -4.66. The molecule has 3 N–H and O–H groups in total. The third kappa shape index (κ3) is 4.43. The van der Waals surface area contributed by atoms with E-state index in [1.165, 1.54) is 0 Å². The first-order valence-corrected chi connectivity index (χ1v) is 11.1. The maximum atomic E-state index is 13.1. The Bertz CT molecular complexity index is 1570. The fourth-order valence-corrected chi connectivity index (χ4v) is 3.87. The molecule has 0 aliphatic carbocycles. The topological polar surface area (TPSA) is 124 Å². The van der Waals surface area contributed by atoms with Crippen LogP contribution in [0.4, 0.5) is 5.82 Å². The number of carbonyl (C=O) groups is 1. The minimum atomic E-state index is -0.422. The predicted octanol–water partition coefficient (Wildman–Crippen LogP) is 3.62. The highest BCUT2D eigenvalue weighted by Gasteiger charge is 2.21. The summed E-state index contributed by atoms with van der Waals surface area (Å²) in [5.41, 5.74) is 12.2. The molecule has 0 atom stereocenters. The fraction of sp³-hybridized carbons (Fsp3) is 0.154. The summed E-state index contributed by atoms with van der Waals surface area (Å²) in [4.78, 5) is 31.3. The molecular weight excluding hydrogens is 440 g/mol. The molecule has 5 rings (SSSR count). The minimum Gasteiger partial charge on any atom is -0.382 e. The number of aryl methyl sites for hydroxylation is 3. The van der Waals surface area contributed by atoms with Crippen LogP contribution in [-0.4, -0.2) is 35.6 Å². The molecule has 0 fully saturated rings. The number of hydrogen-bond acceptors (Lipinski definition) is 7. The molecule has 5 aromatic rings. The Labute approximate surface area is 202 Å². The molecular formula is C26H24N8O. The van der Waals surface area contributed by atoms with Crippen LogP contribution in [0.3, 0.4) is 0 Å². The van der Waals surface area contributed by atoms with Crippen LogP contribution < -0.4 is 11.1 Å². The highest BCUT2D eigenvalue weighted by Crippen LogP contribution is 2.31. The number of carbonyl (C=O) groups excluding carboxylic acids is 1. The molecule has 1 aromatic carbocycles. The van der Waals surface area contributed by atoms with E-state index < -0.39 is 5.91 Å². The van der Waals surface area contributed by atoms with Crippen LogP contribution in [0, 0.1) is 13.8 Å². The number of benzene rings is 1. The molecule has 35 heavy (non-hydrogen) atoms. The van der Waals surface area contributed by atoms with E-state index in [1.807, 2.05) is 75.6 Å². The van der Waals surface area contributed by atoms with E-state index in [1.54, 1.807) is 10.9 Å². The lowest BCUT2D eigenvalue weighted by molar-refractivity contribution is 0.0946. The van der Waals surface area contributed by atoms with Gasteiger partial charge in [-0.15, -0.1) is 0 Å². The number of anilines is 1. The zero-order chi connectivity index (χ0) is 24.5. The van der Waals surface area contributed by atoms with E-state index in [0.717, 1.165) is 33.4 Å². The average Bonchev–Trinajstić information content (AvgIpc) is 3.30. The van der Waals surface area contributed by atoms with Crippen molar-refractivity contribution in [3.8, 4) is 22.6 Å². The lowest BCUT2D eigenvalue weighted by Crippen LogP contribution is -2.26. The number of fused-ring (bicyclic) bond motifs is 1. The minimum absolute atomic E-state index is 0.0308. The van der Waals surface area contributed by atoms with Crippen molar-refractivity contribution in [3.63, 3.8) is 0 Å². The van der Waals surface area contributed by atoms with Gasteiger partial charge in [-0.3, -0.25) is 19.4 Å². The highest BCUT2D eigenvalue weighted by molar-refractivity contribution is 5.98. The second-order valence-electron chi connectivity index (χ2n) is 8.34. The van der Waals surface area contributed by atoms with Crippen molar-refractivity contribution in [2.24, 2.45) is 7.05 Å². The Balaban J connectivity index is 1.57. The number of amides is 1. The van der Waals surface area contributed by atoms with Gasteiger partial charge in [-0.1, -0.05) is 18.2 Å². The number of nitrogens with one attached hydrogen (secondary N) is 1. The third-order valence-electron chi connectivity index (χ3n) is 5.73. The molecule has 0 saturated carbocycles. The van der Waals surface area contributed by atoms with Crippen molar-refractivity contribution in [2.75, 3.05) is 5.73 Å². The van der Waals surface area contributed by atoms with Gasteiger partial charge in [-0.2, -0.15) is 5.10 Å². The molecule has 4 heterocycles. The number of hydrogen-bond donors (Lipinski definition) is 2. The molecule has 4 aromatic heterocycles. The van der Waals surface area contributed by atoms with Crippen molar-refractivity contribution in [1.82, 2.24) is 35.0 Å². The summed E-state index contributed by atoms with van der Waals surface area (Å²) in [6.45, 7) is 4.12. The maximum Gasteiger partial charge on any atom is 0.274 e. The summed E-state index contributed by atoms with van der Waals surface area (Å²) in [5.74, 6) is -0.391. The lowest BCUT2D eigenvalue weighted by atomic mass is 10.0. The van der Waals surface area contributed by atoms with E-state index >= 15 is 0 Å². The summed E-state index contributed by atoms with van der Waals surface area (Å²) in [5, 5.41) is 8.31. The van der Waals surface area contributed by atoms with E-state index in [4.69, 9.17) is 10.7 Å². The van der Waals surface area contributed by atoms with Gasteiger partial charge in [0.1, 0.15) is 11.4 Å². The molecule has 0 spiro atoms. The number of pyridine rings is 2. The molecule has 0 radical (unpaired) electrons. The number of nitrogens with zero attached hydrogens (tertiary/aromatic N) is 6. The van der Waals surface area contributed by atoms with E-state index in [-0.39, 0.29) is 18.1 Å². The lowest BCUT2D eigenvalue weighted by Gasteiger charge is -2.13. The van der Waals surface area contributed by atoms with Crippen LogP contribution in [0.15, 0.2) is 60.9 Å². The van der Waals surface area contributed by atoms with Gasteiger partial charge in [0.15, 0.2) is 11.5 Å². The normalized spacial score (nSPS) is 11.1. The Morgan fingerprint density at radius 3 is 2.69 bits per heavy atom. The number of nitrogens with two attached hydrogens (primary N) is 1. The van der Waals surface area contributed by atoms with Crippen LogP contribution in [0.25, 0.3) is 33.5 Å². The Morgan fingerprint density at radius 2 is 1.89 bits per heavy atom. The van der Waals surface area contributed by atoms with Gasteiger partial charge in [-0.05, 0) is 49.7 Å². The summed E-state index contributed by atoms with van der Waals surface area (Å²) in [6.07, 6.45) is 3.57. The van der Waals surface area contributed by atoms with Gasteiger partial charge >= 0.3 is 0 Å². The van der Waals surface area contributed by atoms with E-state index in [2.05, 4.69) is 25.4 Å². The van der Waals surface area contributed by atoms with Crippen molar-refractivity contribution in [1.29, 1.82) is 0 Å². The summed E-state index contributed by atoms with van der Waals surface area (Å²) < 4.78 is 1.68. The number of rotatable bonds is 5. The smallest absolute Gasteiger partial charge is 0.274 e. The van der Waals surface area contributed by atoms with Crippen LogP contribution in [0.5, 0.6) is 0 Å². The summed E-state index contributed by atoms with van der Waals surface area (Å²) >= 11 is 0. The van der Waals surface area contributed by atoms with Gasteiger partial charge in [0, 0.05) is 36.1 Å². The van der Waals surface area contributed by atoms with Gasteiger partial charge in [0.25, 0.3) is 5.91 Å². The van der Waals surface area contributed by atoms with Crippen LogP contribution >= 0.6 is 0 Å². The molecule has 174 valence electrons. The first kappa shape index (κ1) is 22.1. The van der Waals surface area contributed by atoms with Crippen LogP contribution in [0.1, 0.15) is 27.4 Å². The largest absolute Gasteiger partial charge is 0.382 e. The molecule has 0 unspecified atom stereocenters. The second-order valence-corrected chi connectivity index (χ2v) is 8.34. The predicted molar refractivity (Wildman–Crippen MR) is 134 cm³/mol. The van der Waals surface area contributed by atoms with Crippen LogP contribution in [-0.2, 0) is 13.6 Å². The van der Waals surface area contributed by atoms with Gasteiger partial charge in [0.05, 0.1) is 23.4 Å². The van der Waals surface area contributed by atoms with Crippen molar-refractivity contribution < 1.29 is 4.79 Å². The van der Waals surface area contributed by atoms with E-state index in [9.17, 15) is 4.79 Å². The Kier molecular flexibility index (Phi) is 5.66. The molecule has 0 aliphatic heterocycles. The van der Waals surface area contributed by atoms with Gasteiger partial charge in [0.2, 0.25) is 0 Å². The number of nitrogen functional groups attached to an aromatic ring is 1. The first-order chi connectivity index (χ1) is 16.9. The highest BCUT2D eigenvalue weighted by atomic mass is 16.1. The maximum absolute atomic E-state index is 13.1. The van der Waals surface area contributed by atoms with Crippen molar-refractivity contribution >= 4 is 22.6 Å². The SMILES string of the molecule is Cc1ccc(C)c(CNC(=O)c2nc(-c3ccc4ncccc4c3)c(-c3ccn(C)n3)nc2N)n1. The molecule has 0 bridgehead atoms. The zero-order valence-electron chi connectivity index (χ0n) is 19.6. The fourth-order valence-electron chi connectivity index (χ4n) is 3.87. The molecule has 1 amide bonds. The first-order valence-electron chi connectivity index (χ1n) is 11.1. The average molecular weight is 465 g/mol. The van der Waals surface area contributed by atoms with Crippen molar-refractivity contribution in [3.05, 3.63) is 83.6 Å². The second kappa shape index (κ2) is 8.94. The molecule has 9 nitrogen and oxygen atoms in total. The van der Waals surface area contributed by atoms with Gasteiger partial charge in [-0.25, -0.2) is 9.97 Å². The van der Waals surface area contributed by atoms with Crippen LogP contribution in [0.2, 0.25) is 0 Å². The molecule has 0 aliphatic rings. The van der Waals surface area contributed by atoms with Crippen molar-refractivity contribution in [2.45, 2.75) is 20.4 Å². The summed E-state index contributed by atoms with van der Waals surface area (Å²) in [7, 11) is 1.82. The quantitative estimate of drug-likeness (QED) is 0.407. The Morgan fingerprint density at radius 1 is 1.03 bits per heavy atom. The van der Waals surface area contributed by atoms with Gasteiger partial charge < -0.3 is 11.1 Å². The third-order valence-corrected chi connectivity index (χ3v) is 5.73. The molecule has 0 saturated heterocycles. The zero-order valence-corrected chi connectivity index (χ0v) is 19.6. The van der Waals surface area contributed by atoms with E-state index in [0.29, 0.717) is 17.1 Å². The summed E-state index contributed by atoms with van der Waals surface area (Å²) in [6, 6.07) is 15.4.